The van der Waals surface area contributed by atoms with Crippen molar-refractivity contribution in [1.29, 1.82) is 0 Å². The molecule has 2 amide bonds. The van der Waals surface area contributed by atoms with Crippen molar-refractivity contribution in [3.05, 3.63) is 86.4 Å². The molecule has 0 spiro atoms. The SMILES string of the molecule is COC(=O)c1cc(-c2ccc(/C=C3/SC(=O)N(CC(=O)c4ccc(Cl)cc4)C3=O)o2)ccc1Cl. The summed E-state index contributed by atoms with van der Waals surface area (Å²) in [5.74, 6) is -0.816. The van der Waals surface area contributed by atoms with Crippen LogP contribution in [0.4, 0.5) is 4.79 Å². The van der Waals surface area contributed by atoms with Gasteiger partial charge in [0.25, 0.3) is 11.1 Å². The minimum atomic E-state index is -0.588. The monoisotopic (exact) mass is 515 g/mol. The van der Waals surface area contributed by atoms with E-state index in [2.05, 4.69) is 0 Å². The molecular formula is C24H15Cl2NO6S. The van der Waals surface area contributed by atoms with Crippen LogP contribution in [0.5, 0.6) is 0 Å². The maximum atomic E-state index is 12.7. The first-order chi connectivity index (χ1) is 16.3. The average Bonchev–Trinajstić information content (AvgIpc) is 3.39. The second-order valence-corrected chi connectivity index (χ2v) is 8.92. The summed E-state index contributed by atoms with van der Waals surface area (Å²) in [6.45, 7) is -0.381. The van der Waals surface area contributed by atoms with Gasteiger partial charge in [0.1, 0.15) is 11.5 Å². The lowest BCUT2D eigenvalue weighted by molar-refractivity contribution is -0.122. The fourth-order valence-corrected chi connectivity index (χ4v) is 4.31. The zero-order valence-corrected chi connectivity index (χ0v) is 19.9. The fourth-order valence-electron chi connectivity index (χ4n) is 3.17. The minimum Gasteiger partial charge on any atom is -0.465 e. The first-order valence-electron chi connectivity index (χ1n) is 9.79. The summed E-state index contributed by atoms with van der Waals surface area (Å²) in [4.78, 5) is 50.5. The van der Waals surface area contributed by atoms with E-state index in [-0.39, 0.29) is 27.8 Å². The van der Waals surface area contributed by atoms with Crippen LogP contribution in [0.15, 0.2) is 63.9 Å². The third kappa shape index (κ3) is 4.94. The van der Waals surface area contributed by atoms with Crippen molar-refractivity contribution in [3.63, 3.8) is 0 Å². The number of methoxy groups -OCH3 is 1. The lowest BCUT2D eigenvalue weighted by Gasteiger charge is -2.11. The number of nitrogens with zero attached hydrogens (tertiary/aromatic N) is 1. The van der Waals surface area contributed by atoms with Crippen LogP contribution < -0.4 is 0 Å². The van der Waals surface area contributed by atoms with E-state index in [9.17, 15) is 19.2 Å². The van der Waals surface area contributed by atoms with Crippen LogP contribution in [-0.2, 0) is 9.53 Å². The van der Waals surface area contributed by atoms with Crippen molar-refractivity contribution in [2.24, 2.45) is 0 Å². The molecule has 172 valence electrons. The number of halogens is 2. The van der Waals surface area contributed by atoms with E-state index in [1.54, 1.807) is 36.4 Å². The van der Waals surface area contributed by atoms with Crippen molar-refractivity contribution in [2.45, 2.75) is 0 Å². The van der Waals surface area contributed by atoms with Gasteiger partial charge in [-0.15, -0.1) is 0 Å². The smallest absolute Gasteiger partial charge is 0.339 e. The highest BCUT2D eigenvalue weighted by Crippen LogP contribution is 2.34. The number of amides is 2. The summed E-state index contributed by atoms with van der Waals surface area (Å²) in [5.41, 5.74) is 1.11. The highest BCUT2D eigenvalue weighted by molar-refractivity contribution is 8.18. The Kier molecular flexibility index (Phi) is 6.92. The number of Topliss-reactive ketones (excluding diaryl/α,β-unsaturated/α-hetero) is 1. The maximum absolute atomic E-state index is 12.7. The standard InChI is InChI=1S/C24H15Cl2NO6S/c1-32-23(30)17-10-14(4-8-18(17)26)20-9-7-16(33-20)11-21-22(29)27(24(31)34-21)12-19(28)13-2-5-15(25)6-3-13/h2-11H,12H2,1H3/b21-11+. The number of benzene rings is 2. The second-order valence-electron chi connectivity index (χ2n) is 7.09. The number of furan rings is 1. The molecule has 0 aliphatic carbocycles. The Morgan fingerprint density at radius 1 is 1.06 bits per heavy atom. The Labute approximate surface area is 208 Å². The Bertz CT molecular complexity index is 1350. The third-order valence-corrected chi connectivity index (χ3v) is 6.39. The molecule has 0 N–H and O–H groups in total. The number of imide groups is 1. The summed E-state index contributed by atoms with van der Waals surface area (Å²) < 4.78 is 10.5. The quantitative estimate of drug-likeness (QED) is 0.227. The van der Waals surface area contributed by atoms with Crippen LogP contribution in [0.1, 0.15) is 26.5 Å². The van der Waals surface area contributed by atoms with Gasteiger partial charge in [0.15, 0.2) is 5.78 Å². The molecule has 4 rings (SSSR count). The molecule has 2 aromatic carbocycles. The molecule has 3 aromatic rings. The highest BCUT2D eigenvalue weighted by Gasteiger charge is 2.36. The molecule has 1 aliphatic rings. The van der Waals surface area contributed by atoms with Gasteiger partial charge in [-0.1, -0.05) is 23.2 Å². The topological polar surface area (TPSA) is 93.9 Å². The number of carbonyl (C=O) groups is 4. The molecule has 1 saturated heterocycles. The molecule has 0 radical (unpaired) electrons. The first kappa shape index (κ1) is 23.8. The van der Waals surface area contributed by atoms with E-state index >= 15 is 0 Å². The molecule has 0 atom stereocenters. The van der Waals surface area contributed by atoms with Gasteiger partial charge in [-0.3, -0.25) is 19.3 Å². The average molecular weight is 516 g/mol. The van der Waals surface area contributed by atoms with E-state index in [4.69, 9.17) is 32.4 Å². The van der Waals surface area contributed by atoms with Crippen molar-refractivity contribution in [3.8, 4) is 11.3 Å². The number of thioether (sulfide) groups is 1. The van der Waals surface area contributed by atoms with Crippen LogP contribution in [-0.4, -0.2) is 41.5 Å². The number of esters is 1. The lowest BCUT2D eigenvalue weighted by atomic mass is 10.1. The van der Waals surface area contributed by atoms with Gasteiger partial charge >= 0.3 is 5.97 Å². The molecule has 0 saturated carbocycles. The van der Waals surface area contributed by atoms with Crippen molar-refractivity contribution < 1.29 is 28.3 Å². The molecule has 1 aliphatic heterocycles. The van der Waals surface area contributed by atoms with Gasteiger partial charge in [0.2, 0.25) is 0 Å². The minimum absolute atomic E-state index is 0.126. The Hall–Kier alpha value is -3.33. The normalized spacial score (nSPS) is 14.7. The predicted octanol–water partition coefficient (Wildman–Crippen LogP) is 5.96. The zero-order chi connectivity index (χ0) is 24.4. The molecular weight excluding hydrogens is 501 g/mol. The number of ketones is 1. The number of ether oxygens (including phenoxy) is 1. The van der Waals surface area contributed by atoms with Crippen molar-refractivity contribution in [2.75, 3.05) is 13.7 Å². The summed E-state index contributed by atoms with van der Waals surface area (Å²) >= 11 is 12.6. The zero-order valence-electron chi connectivity index (χ0n) is 17.5. The van der Waals surface area contributed by atoms with E-state index in [0.717, 1.165) is 16.7 Å². The Morgan fingerprint density at radius 3 is 2.50 bits per heavy atom. The number of carbonyl (C=O) groups excluding carboxylic acids is 4. The Morgan fingerprint density at radius 2 is 1.79 bits per heavy atom. The molecule has 7 nitrogen and oxygen atoms in total. The van der Waals surface area contributed by atoms with Gasteiger partial charge in [0.05, 0.1) is 29.1 Å². The van der Waals surface area contributed by atoms with Gasteiger partial charge in [-0.2, -0.15) is 0 Å². The molecule has 34 heavy (non-hydrogen) atoms. The molecule has 0 unspecified atom stereocenters. The van der Waals surface area contributed by atoms with E-state index in [0.29, 0.717) is 27.7 Å². The summed E-state index contributed by atoms with van der Waals surface area (Å²) in [5, 5.41) is 0.165. The summed E-state index contributed by atoms with van der Waals surface area (Å²) in [6, 6.07) is 14.2. The highest BCUT2D eigenvalue weighted by atomic mass is 35.5. The third-order valence-electron chi connectivity index (χ3n) is 4.90. The van der Waals surface area contributed by atoms with Crippen LogP contribution in [0.3, 0.4) is 0 Å². The second kappa shape index (κ2) is 9.89. The van der Waals surface area contributed by atoms with Gasteiger partial charge in [-0.25, -0.2) is 4.79 Å². The van der Waals surface area contributed by atoms with Crippen LogP contribution in [0.25, 0.3) is 17.4 Å². The number of rotatable bonds is 6. The fraction of sp³-hybridized carbons (Fsp3) is 0.0833. The summed E-state index contributed by atoms with van der Waals surface area (Å²) in [6.07, 6.45) is 1.43. The molecule has 0 bridgehead atoms. The van der Waals surface area contributed by atoms with Crippen LogP contribution >= 0.6 is 35.0 Å². The number of hydrogen-bond donors (Lipinski definition) is 0. The maximum Gasteiger partial charge on any atom is 0.339 e. The summed E-state index contributed by atoms with van der Waals surface area (Å²) in [7, 11) is 1.26. The molecule has 1 aromatic heterocycles. The largest absolute Gasteiger partial charge is 0.465 e. The molecule has 1 fully saturated rings. The number of hydrogen-bond acceptors (Lipinski definition) is 7. The van der Waals surface area contributed by atoms with Gasteiger partial charge < -0.3 is 9.15 Å². The van der Waals surface area contributed by atoms with Crippen LogP contribution in [0, 0.1) is 0 Å². The van der Waals surface area contributed by atoms with Gasteiger partial charge in [-0.05, 0) is 66.4 Å². The first-order valence-corrected chi connectivity index (χ1v) is 11.4. The van der Waals surface area contributed by atoms with Crippen LogP contribution in [0.2, 0.25) is 10.0 Å². The van der Waals surface area contributed by atoms with E-state index < -0.39 is 17.1 Å². The molecule has 10 heteroatoms. The Balaban J connectivity index is 1.52. The molecule has 2 heterocycles. The van der Waals surface area contributed by atoms with Gasteiger partial charge in [0, 0.05) is 22.2 Å². The van der Waals surface area contributed by atoms with Crippen molar-refractivity contribution >= 4 is 63.9 Å². The van der Waals surface area contributed by atoms with E-state index in [1.165, 1.54) is 31.4 Å². The van der Waals surface area contributed by atoms with Crippen molar-refractivity contribution in [1.82, 2.24) is 4.90 Å². The van der Waals surface area contributed by atoms with E-state index in [1.807, 2.05) is 0 Å². The lowest BCUT2D eigenvalue weighted by Crippen LogP contribution is -2.33. The predicted molar refractivity (Wildman–Crippen MR) is 129 cm³/mol.